The molecule has 8 nitrogen and oxygen atoms in total. The molecule has 0 amide bonds. The van der Waals surface area contributed by atoms with Crippen LogP contribution in [0.1, 0.15) is 13.8 Å². The molecule has 0 atom stereocenters. The summed E-state index contributed by atoms with van der Waals surface area (Å²) in [5, 5.41) is 19.4. The number of hydrogen-bond acceptors (Lipinski definition) is 5. The van der Waals surface area contributed by atoms with Gasteiger partial charge in [0.2, 0.25) is 15.8 Å². The highest BCUT2D eigenvalue weighted by atomic mass is 32.2. The number of nitrogens with one attached hydrogen (secondary N) is 1. The molecule has 116 valence electrons. The highest BCUT2D eigenvalue weighted by Crippen LogP contribution is 2.25. The van der Waals surface area contributed by atoms with Crippen LogP contribution in [0, 0.1) is 21.7 Å². The number of carboxylic acid groups (broad SMARTS) is 1. The van der Waals surface area contributed by atoms with E-state index in [9.17, 15) is 32.1 Å². The highest BCUT2D eigenvalue weighted by molar-refractivity contribution is 7.89. The summed E-state index contributed by atoms with van der Waals surface area (Å²) in [7, 11) is -4.74. The summed E-state index contributed by atoms with van der Waals surface area (Å²) in [5.41, 5.74) is -3.24. The zero-order valence-electron chi connectivity index (χ0n) is 10.8. The first-order valence-corrected chi connectivity index (χ1v) is 6.77. The van der Waals surface area contributed by atoms with Crippen LogP contribution < -0.4 is 4.72 Å². The van der Waals surface area contributed by atoms with Crippen LogP contribution in [0.2, 0.25) is 0 Å². The Morgan fingerprint density at radius 3 is 2.29 bits per heavy atom. The molecule has 0 heterocycles. The molecule has 0 aliphatic rings. The number of sulfonamides is 1. The maximum atomic E-state index is 13.5. The van der Waals surface area contributed by atoms with Crippen LogP contribution in [0.25, 0.3) is 0 Å². The predicted molar refractivity (Wildman–Crippen MR) is 65.0 cm³/mol. The predicted octanol–water partition coefficient (Wildman–Crippen LogP) is 1.01. The van der Waals surface area contributed by atoms with E-state index in [4.69, 9.17) is 5.11 Å². The van der Waals surface area contributed by atoms with Gasteiger partial charge in [-0.1, -0.05) is 0 Å². The Morgan fingerprint density at radius 1 is 1.33 bits per heavy atom. The van der Waals surface area contributed by atoms with Gasteiger partial charge in [0.15, 0.2) is 0 Å². The maximum Gasteiger partial charge on any atom is 0.324 e. The van der Waals surface area contributed by atoms with E-state index in [2.05, 4.69) is 0 Å². The van der Waals surface area contributed by atoms with Gasteiger partial charge in [0.25, 0.3) is 0 Å². The number of carbonyl (C=O) groups is 1. The largest absolute Gasteiger partial charge is 0.480 e. The molecule has 0 aliphatic heterocycles. The molecule has 0 bridgehead atoms. The number of nitro groups is 1. The summed E-state index contributed by atoms with van der Waals surface area (Å²) in [5.74, 6) is -4.68. The molecule has 0 unspecified atom stereocenters. The average molecular weight is 324 g/mol. The number of benzene rings is 1. The Hall–Kier alpha value is -2.14. The van der Waals surface area contributed by atoms with Gasteiger partial charge in [0, 0.05) is 12.1 Å². The van der Waals surface area contributed by atoms with E-state index in [0.717, 1.165) is 13.8 Å². The summed E-state index contributed by atoms with van der Waals surface area (Å²) >= 11 is 0. The fourth-order valence-corrected chi connectivity index (χ4v) is 2.75. The van der Waals surface area contributed by atoms with Gasteiger partial charge in [-0.05, 0) is 13.8 Å². The number of hydrogen-bond donors (Lipinski definition) is 2. The molecule has 11 heteroatoms. The third-order valence-electron chi connectivity index (χ3n) is 2.41. The van der Waals surface area contributed by atoms with Crippen LogP contribution in [0.5, 0.6) is 0 Å². The molecule has 21 heavy (non-hydrogen) atoms. The molecular formula is C10H10F2N2O6S. The van der Waals surface area contributed by atoms with Crippen LogP contribution >= 0.6 is 0 Å². The molecule has 0 aliphatic carbocycles. The van der Waals surface area contributed by atoms with Crippen LogP contribution in [0.15, 0.2) is 17.0 Å². The van der Waals surface area contributed by atoms with Crippen molar-refractivity contribution in [2.45, 2.75) is 24.3 Å². The number of nitrogens with zero attached hydrogens (tertiary/aromatic N) is 1. The van der Waals surface area contributed by atoms with Crippen molar-refractivity contribution < 1.29 is 32.0 Å². The molecule has 1 rings (SSSR count). The van der Waals surface area contributed by atoms with Crippen molar-refractivity contribution in [3.8, 4) is 0 Å². The molecule has 0 saturated heterocycles. The molecular weight excluding hydrogens is 314 g/mol. The zero-order chi connectivity index (χ0) is 16.6. The van der Waals surface area contributed by atoms with Crippen LogP contribution in [0.4, 0.5) is 14.5 Å². The van der Waals surface area contributed by atoms with Gasteiger partial charge < -0.3 is 5.11 Å². The summed E-state index contributed by atoms with van der Waals surface area (Å²) in [4.78, 5) is 19.0. The normalized spacial score (nSPS) is 12.2. The Labute approximate surface area is 117 Å². The zero-order valence-corrected chi connectivity index (χ0v) is 11.6. The van der Waals surface area contributed by atoms with Gasteiger partial charge in [0.1, 0.15) is 16.3 Å². The van der Waals surface area contributed by atoms with E-state index >= 15 is 0 Å². The van der Waals surface area contributed by atoms with E-state index in [1.54, 1.807) is 4.72 Å². The van der Waals surface area contributed by atoms with Gasteiger partial charge >= 0.3 is 11.7 Å². The summed E-state index contributed by atoms with van der Waals surface area (Å²) in [6.45, 7) is 1.98. The third-order valence-corrected chi connectivity index (χ3v) is 4.08. The second-order valence-corrected chi connectivity index (χ2v) is 6.18. The highest BCUT2D eigenvalue weighted by Gasteiger charge is 2.35. The molecule has 0 saturated carbocycles. The lowest BCUT2D eigenvalue weighted by molar-refractivity contribution is -0.387. The smallest absolute Gasteiger partial charge is 0.324 e. The second-order valence-electron chi connectivity index (χ2n) is 4.53. The van der Waals surface area contributed by atoms with Crippen molar-refractivity contribution in [3.63, 3.8) is 0 Å². The van der Waals surface area contributed by atoms with Gasteiger partial charge in [0.05, 0.1) is 4.92 Å². The van der Waals surface area contributed by atoms with Crippen LogP contribution in [-0.2, 0) is 14.8 Å². The molecule has 0 radical (unpaired) electrons. The lowest BCUT2D eigenvalue weighted by Crippen LogP contribution is -2.49. The first-order valence-electron chi connectivity index (χ1n) is 5.29. The van der Waals surface area contributed by atoms with Gasteiger partial charge in [-0.3, -0.25) is 14.9 Å². The van der Waals surface area contributed by atoms with Crippen molar-refractivity contribution in [1.29, 1.82) is 0 Å². The maximum absolute atomic E-state index is 13.5. The van der Waals surface area contributed by atoms with E-state index in [0.29, 0.717) is 0 Å². The first-order chi connectivity index (χ1) is 9.38. The molecule has 1 aromatic carbocycles. The standard InChI is InChI=1S/C10H10F2N2O6S/c1-10(2,9(15)16)13-21(19,20)8-4-7(14(17)18)5(11)3-6(8)12/h3-4,13H,1-2H3,(H,15,16). The van der Waals surface area contributed by atoms with Gasteiger partial charge in [-0.25, -0.2) is 12.8 Å². The number of carboxylic acids is 1. The molecule has 2 N–H and O–H groups in total. The minimum Gasteiger partial charge on any atom is -0.480 e. The van der Waals surface area contributed by atoms with Crippen molar-refractivity contribution in [1.82, 2.24) is 4.72 Å². The van der Waals surface area contributed by atoms with Crippen molar-refractivity contribution >= 4 is 21.7 Å². The van der Waals surface area contributed by atoms with Gasteiger partial charge in [-0.2, -0.15) is 9.11 Å². The minimum absolute atomic E-state index is 0.0421. The van der Waals surface area contributed by atoms with Crippen LogP contribution in [-0.4, -0.2) is 30.0 Å². The fraction of sp³-hybridized carbons (Fsp3) is 0.300. The second kappa shape index (κ2) is 5.33. The first kappa shape index (κ1) is 16.9. The van der Waals surface area contributed by atoms with E-state index in [-0.39, 0.29) is 12.1 Å². The Bertz CT molecular complexity index is 717. The van der Waals surface area contributed by atoms with Crippen molar-refractivity contribution in [2.24, 2.45) is 0 Å². The van der Waals surface area contributed by atoms with Crippen molar-refractivity contribution in [2.75, 3.05) is 0 Å². The van der Waals surface area contributed by atoms with Crippen LogP contribution in [0.3, 0.4) is 0 Å². The molecule has 1 aromatic rings. The number of halogens is 2. The lowest BCUT2D eigenvalue weighted by Gasteiger charge is -2.20. The topological polar surface area (TPSA) is 127 Å². The minimum atomic E-state index is -4.74. The monoisotopic (exact) mass is 324 g/mol. The Kier molecular flexibility index (Phi) is 4.29. The van der Waals surface area contributed by atoms with E-state index < -0.39 is 48.7 Å². The quantitative estimate of drug-likeness (QED) is 0.615. The number of aliphatic carboxylic acids is 1. The Balaban J connectivity index is 3.42. The van der Waals surface area contributed by atoms with Gasteiger partial charge in [-0.15, -0.1) is 0 Å². The molecule has 0 spiro atoms. The van der Waals surface area contributed by atoms with E-state index in [1.165, 1.54) is 0 Å². The number of nitro benzene ring substituents is 1. The molecule has 0 fully saturated rings. The summed E-state index contributed by atoms with van der Waals surface area (Å²) in [6.07, 6.45) is 0. The summed E-state index contributed by atoms with van der Waals surface area (Å²) in [6, 6.07) is 0.228. The Morgan fingerprint density at radius 2 is 1.86 bits per heavy atom. The fourth-order valence-electron chi connectivity index (χ4n) is 1.30. The lowest BCUT2D eigenvalue weighted by atomic mass is 10.1. The third kappa shape index (κ3) is 3.49. The van der Waals surface area contributed by atoms with E-state index in [1.807, 2.05) is 0 Å². The average Bonchev–Trinajstić information content (AvgIpc) is 2.25. The molecule has 0 aromatic heterocycles. The van der Waals surface area contributed by atoms with Crippen molar-refractivity contribution in [3.05, 3.63) is 33.9 Å². The number of rotatable bonds is 5. The summed E-state index contributed by atoms with van der Waals surface area (Å²) < 4.78 is 52.1. The SMILES string of the molecule is CC(C)(NS(=O)(=O)c1cc([N+](=O)[O-])c(F)cc1F)C(=O)O.